The number of nitrogens with one attached hydrogen (secondary N) is 1. The Morgan fingerprint density at radius 3 is 2.29 bits per heavy atom. The lowest BCUT2D eigenvalue weighted by Crippen LogP contribution is -2.45. The van der Waals surface area contributed by atoms with E-state index in [9.17, 15) is 9.59 Å². The Bertz CT molecular complexity index is 1080. The van der Waals surface area contributed by atoms with Gasteiger partial charge in [0, 0.05) is 23.7 Å². The Kier molecular flexibility index (Phi) is 9.73. The van der Waals surface area contributed by atoms with Crippen LogP contribution in [0.2, 0.25) is 0 Å². The van der Waals surface area contributed by atoms with Gasteiger partial charge in [-0.2, -0.15) is 0 Å². The largest absolute Gasteiger partial charge is 0.494 e. The monoisotopic (exact) mass is 493 g/mol. The summed E-state index contributed by atoms with van der Waals surface area (Å²) in [5, 5.41) is 4.97. The van der Waals surface area contributed by atoms with Gasteiger partial charge in [-0.3, -0.25) is 4.79 Å². The number of benzene rings is 2. The third-order valence-corrected chi connectivity index (χ3v) is 6.49. The van der Waals surface area contributed by atoms with Crippen molar-refractivity contribution in [2.45, 2.75) is 40.8 Å². The van der Waals surface area contributed by atoms with Crippen molar-refractivity contribution in [1.29, 1.82) is 0 Å². The smallest absolute Gasteiger partial charge is 0.322 e. The zero-order valence-electron chi connectivity index (χ0n) is 21.0. The van der Waals surface area contributed by atoms with E-state index >= 15 is 0 Å². The highest BCUT2D eigenvalue weighted by Crippen LogP contribution is 2.20. The van der Waals surface area contributed by atoms with Gasteiger partial charge in [0.2, 0.25) is 5.91 Å². The Balaban J connectivity index is 1.74. The van der Waals surface area contributed by atoms with Gasteiger partial charge in [0.1, 0.15) is 12.3 Å². The van der Waals surface area contributed by atoms with Crippen molar-refractivity contribution in [3.63, 3.8) is 0 Å². The van der Waals surface area contributed by atoms with E-state index in [1.807, 2.05) is 73.5 Å². The lowest BCUT2D eigenvalue weighted by molar-refractivity contribution is -0.133. The first-order valence-corrected chi connectivity index (χ1v) is 12.9. The molecule has 7 heteroatoms. The number of ether oxygens (including phenoxy) is 1. The SMILES string of the molecule is CCOc1ccc(NC(=O)N(CC(=O)N(Cc2ccccc2)Cc2sccc2C)CC(C)C)cc1. The summed E-state index contributed by atoms with van der Waals surface area (Å²) in [5.41, 5.74) is 2.90. The van der Waals surface area contributed by atoms with Crippen LogP contribution >= 0.6 is 11.3 Å². The zero-order valence-corrected chi connectivity index (χ0v) is 21.8. The van der Waals surface area contributed by atoms with E-state index in [2.05, 4.69) is 18.3 Å². The van der Waals surface area contributed by atoms with Crippen molar-refractivity contribution in [1.82, 2.24) is 9.80 Å². The molecular formula is C28H35N3O3S. The van der Waals surface area contributed by atoms with E-state index in [0.717, 1.165) is 16.2 Å². The molecule has 0 saturated heterocycles. The zero-order chi connectivity index (χ0) is 25.2. The van der Waals surface area contributed by atoms with Crippen molar-refractivity contribution in [3.8, 4) is 5.75 Å². The highest BCUT2D eigenvalue weighted by Gasteiger charge is 2.23. The van der Waals surface area contributed by atoms with Crippen molar-refractivity contribution >= 4 is 29.0 Å². The number of hydrogen-bond acceptors (Lipinski definition) is 4. The first kappa shape index (κ1) is 26.3. The molecule has 0 unspecified atom stereocenters. The average Bonchev–Trinajstić information content (AvgIpc) is 3.24. The number of rotatable bonds is 11. The summed E-state index contributed by atoms with van der Waals surface area (Å²) < 4.78 is 5.47. The molecule has 1 N–H and O–H groups in total. The minimum atomic E-state index is -0.289. The summed E-state index contributed by atoms with van der Waals surface area (Å²) in [7, 11) is 0. The average molecular weight is 494 g/mol. The lowest BCUT2D eigenvalue weighted by Gasteiger charge is -2.29. The van der Waals surface area contributed by atoms with Gasteiger partial charge >= 0.3 is 6.03 Å². The van der Waals surface area contributed by atoms with E-state index in [-0.39, 0.29) is 24.4 Å². The number of urea groups is 1. The van der Waals surface area contributed by atoms with E-state index in [4.69, 9.17) is 4.74 Å². The second kappa shape index (κ2) is 13.0. The Morgan fingerprint density at radius 2 is 1.69 bits per heavy atom. The normalized spacial score (nSPS) is 10.8. The van der Waals surface area contributed by atoms with E-state index < -0.39 is 0 Å². The summed E-state index contributed by atoms with van der Waals surface area (Å²) in [6.07, 6.45) is 0. The van der Waals surface area contributed by atoms with Crippen molar-refractivity contribution < 1.29 is 14.3 Å². The number of thiophene rings is 1. The molecule has 3 aromatic rings. The van der Waals surface area contributed by atoms with Crippen LogP contribution in [-0.2, 0) is 17.9 Å². The minimum absolute atomic E-state index is 0.0122. The second-order valence-electron chi connectivity index (χ2n) is 8.92. The fourth-order valence-electron chi connectivity index (χ4n) is 3.70. The maximum Gasteiger partial charge on any atom is 0.322 e. The maximum absolute atomic E-state index is 13.5. The molecule has 0 bridgehead atoms. The fourth-order valence-corrected chi connectivity index (χ4v) is 4.62. The maximum atomic E-state index is 13.5. The van der Waals surface area contributed by atoms with Gasteiger partial charge in [-0.15, -0.1) is 11.3 Å². The van der Waals surface area contributed by atoms with Gasteiger partial charge in [0.15, 0.2) is 0 Å². The summed E-state index contributed by atoms with van der Waals surface area (Å²) in [4.78, 5) is 31.3. The third-order valence-electron chi connectivity index (χ3n) is 5.49. The number of hydrogen-bond donors (Lipinski definition) is 1. The Morgan fingerprint density at radius 1 is 0.971 bits per heavy atom. The van der Waals surface area contributed by atoms with Crippen LogP contribution in [0.5, 0.6) is 5.75 Å². The molecule has 0 atom stereocenters. The van der Waals surface area contributed by atoms with Crippen molar-refractivity contribution in [2.75, 3.05) is 25.0 Å². The number of nitrogens with zero attached hydrogens (tertiary/aromatic N) is 2. The van der Waals surface area contributed by atoms with Crippen LogP contribution in [0, 0.1) is 12.8 Å². The van der Waals surface area contributed by atoms with Crippen LogP contribution in [0.4, 0.5) is 10.5 Å². The van der Waals surface area contributed by atoms with Crippen molar-refractivity contribution in [3.05, 3.63) is 82.0 Å². The molecule has 0 aliphatic rings. The van der Waals surface area contributed by atoms with Gasteiger partial charge in [-0.25, -0.2) is 4.79 Å². The predicted molar refractivity (Wildman–Crippen MR) is 143 cm³/mol. The molecule has 0 aliphatic heterocycles. The van der Waals surface area contributed by atoms with Crippen LogP contribution in [0.3, 0.4) is 0 Å². The van der Waals surface area contributed by atoms with E-state index in [0.29, 0.717) is 31.9 Å². The van der Waals surface area contributed by atoms with Crippen LogP contribution < -0.4 is 10.1 Å². The lowest BCUT2D eigenvalue weighted by atomic mass is 10.2. The van der Waals surface area contributed by atoms with Gasteiger partial charge in [-0.05, 0) is 66.6 Å². The topological polar surface area (TPSA) is 61.9 Å². The third kappa shape index (κ3) is 8.14. The summed E-state index contributed by atoms with van der Waals surface area (Å²) in [5.74, 6) is 0.889. The summed E-state index contributed by atoms with van der Waals surface area (Å²) >= 11 is 1.65. The van der Waals surface area contributed by atoms with Crippen molar-refractivity contribution in [2.24, 2.45) is 5.92 Å². The van der Waals surface area contributed by atoms with Crippen LogP contribution in [0.1, 0.15) is 36.8 Å². The molecule has 1 heterocycles. The Labute approximate surface area is 212 Å². The molecule has 35 heavy (non-hydrogen) atoms. The van der Waals surface area contributed by atoms with Crippen LogP contribution in [-0.4, -0.2) is 41.4 Å². The van der Waals surface area contributed by atoms with E-state index in [1.54, 1.807) is 28.4 Å². The number of carbonyl (C=O) groups is 2. The quantitative estimate of drug-likeness (QED) is 0.347. The second-order valence-corrected chi connectivity index (χ2v) is 9.92. The summed E-state index contributed by atoms with van der Waals surface area (Å²) in [6.45, 7) is 10.2. The highest BCUT2D eigenvalue weighted by atomic mass is 32.1. The number of amides is 3. The molecule has 3 amide bonds. The number of anilines is 1. The van der Waals surface area contributed by atoms with Gasteiger partial charge in [-0.1, -0.05) is 44.2 Å². The minimum Gasteiger partial charge on any atom is -0.494 e. The molecule has 0 aliphatic carbocycles. The molecule has 6 nitrogen and oxygen atoms in total. The van der Waals surface area contributed by atoms with Gasteiger partial charge in [0.05, 0.1) is 13.2 Å². The fraction of sp³-hybridized carbons (Fsp3) is 0.357. The van der Waals surface area contributed by atoms with Gasteiger partial charge < -0.3 is 19.9 Å². The first-order valence-electron chi connectivity index (χ1n) is 12.0. The molecular weight excluding hydrogens is 458 g/mol. The molecule has 0 fully saturated rings. The first-order chi connectivity index (χ1) is 16.9. The summed E-state index contributed by atoms with van der Waals surface area (Å²) in [6, 6.07) is 19.0. The van der Waals surface area contributed by atoms with Crippen LogP contribution in [0.25, 0.3) is 0 Å². The van der Waals surface area contributed by atoms with Crippen LogP contribution in [0.15, 0.2) is 66.0 Å². The molecule has 0 radical (unpaired) electrons. The Hall–Kier alpha value is -3.32. The molecule has 1 aromatic heterocycles. The highest BCUT2D eigenvalue weighted by molar-refractivity contribution is 7.10. The molecule has 2 aromatic carbocycles. The number of aryl methyl sites for hydroxylation is 1. The molecule has 0 spiro atoms. The predicted octanol–water partition coefficient (Wildman–Crippen LogP) is 6.17. The molecule has 3 rings (SSSR count). The van der Waals surface area contributed by atoms with Gasteiger partial charge in [0.25, 0.3) is 0 Å². The standard InChI is InChI=1S/C28H35N3O3S/c1-5-34-25-13-11-24(12-14-25)29-28(33)31(17-21(2)3)20-27(32)30(18-23-9-7-6-8-10-23)19-26-22(4)15-16-35-26/h6-16,21H,5,17-20H2,1-4H3,(H,29,33). The molecule has 0 saturated carbocycles. The van der Waals surface area contributed by atoms with E-state index in [1.165, 1.54) is 5.56 Å². The number of carbonyl (C=O) groups excluding carboxylic acids is 2. The molecule has 186 valence electrons.